The predicted molar refractivity (Wildman–Crippen MR) is 90.1 cm³/mol. The summed E-state index contributed by atoms with van der Waals surface area (Å²) in [5.41, 5.74) is 4.90. The number of carbonyl (C=O) groups excluding carboxylic acids is 3. The zero-order chi connectivity index (χ0) is 17.2. The third kappa shape index (κ3) is 3.85. The maximum Gasteiger partial charge on any atom is 0.242 e. The number of rotatable bonds is 5. The van der Waals surface area contributed by atoms with Gasteiger partial charge in [-0.3, -0.25) is 14.4 Å². The van der Waals surface area contributed by atoms with E-state index < -0.39 is 17.4 Å². The van der Waals surface area contributed by atoms with Gasteiger partial charge in [0, 0.05) is 23.5 Å². The number of hydrogen-bond donors (Lipinski definition) is 2. The number of thioether (sulfide) groups is 1. The molecule has 3 amide bonds. The third-order valence-corrected chi connectivity index (χ3v) is 4.68. The molecule has 0 unspecified atom stereocenters. The lowest BCUT2D eigenvalue weighted by atomic mass is 10.0. The molecule has 23 heavy (non-hydrogen) atoms. The molecule has 0 aliphatic carbocycles. The Bertz CT molecular complexity index is 628. The summed E-state index contributed by atoms with van der Waals surface area (Å²) < 4.78 is 0. The van der Waals surface area contributed by atoms with Crippen LogP contribution in [0, 0.1) is 5.92 Å². The van der Waals surface area contributed by atoms with Crippen molar-refractivity contribution in [2.75, 3.05) is 17.7 Å². The fraction of sp³-hybridized carbons (Fsp3) is 0.438. The highest BCUT2D eigenvalue weighted by Gasteiger charge is 2.38. The average molecular weight is 335 g/mol. The van der Waals surface area contributed by atoms with Crippen molar-refractivity contribution in [1.29, 1.82) is 0 Å². The van der Waals surface area contributed by atoms with Gasteiger partial charge in [-0.2, -0.15) is 0 Å². The first-order valence-electron chi connectivity index (χ1n) is 7.31. The Kier molecular flexibility index (Phi) is 4.99. The van der Waals surface area contributed by atoms with Gasteiger partial charge < -0.3 is 16.0 Å². The van der Waals surface area contributed by atoms with Gasteiger partial charge in [0.15, 0.2) is 0 Å². The van der Waals surface area contributed by atoms with Crippen molar-refractivity contribution in [2.45, 2.75) is 30.7 Å². The maximum absolute atomic E-state index is 12.3. The molecule has 0 bridgehead atoms. The van der Waals surface area contributed by atoms with Crippen molar-refractivity contribution in [2.24, 2.45) is 11.7 Å². The zero-order valence-electron chi connectivity index (χ0n) is 13.5. The number of anilines is 1. The number of hydrogen-bond acceptors (Lipinski definition) is 4. The normalized spacial score (nSPS) is 18.1. The highest BCUT2D eigenvalue weighted by atomic mass is 32.2. The van der Waals surface area contributed by atoms with E-state index in [9.17, 15) is 14.4 Å². The van der Waals surface area contributed by atoms with Gasteiger partial charge in [0.2, 0.25) is 17.7 Å². The molecular formula is C16H21N3O3S. The summed E-state index contributed by atoms with van der Waals surface area (Å²) in [5, 5.41) is 2.61. The summed E-state index contributed by atoms with van der Waals surface area (Å²) in [5.74, 6) is -1.52. The van der Waals surface area contributed by atoms with E-state index in [2.05, 4.69) is 5.32 Å². The standard InChI is InChI=1S/C16H21N3O3S/c1-16(2,15(17)22)18-14(21)10-8-13(20)19(9-10)11-4-6-12(23-3)7-5-11/h4-7,10H,8-9H2,1-3H3,(H2,17,22)(H,18,21)/t10-/m1/s1. The molecule has 7 heteroatoms. The Labute approximate surface area is 139 Å². The van der Waals surface area contributed by atoms with Gasteiger partial charge in [0.25, 0.3) is 0 Å². The molecule has 1 aliphatic heterocycles. The number of carbonyl (C=O) groups is 3. The van der Waals surface area contributed by atoms with Gasteiger partial charge in [0.1, 0.15) is 5.54 Å². The second-order valence-electron chi connectivity index (χ2n) is 6.08. The summed E-state index contributed by atoms with van der Waals surface area (Å²) in [7, 11) is 0. The molecule has 1 atom stereocenters. The van der Waals surface area contributed by atoms with E-state index in [-0.39, 0.29) is 18.2 Å². The fourth-order valence-corrected chi connectivity index (χ4v) is 2.77. The van der Waals surface area contributed by atoms with E-state index in [0.717, 1.165) is 10.6 Å². The van der Waals surface area contributed by atoms with Crippen LogP contribution in [-0.4, -0.2) is 36.1 Å². The van der Waals surface area contributed by atoms with Crippen LogP contribution in [0.1, 0.15) is 20.3 Å². The van der Waals surface area contributed by atoms with Crippen LogP contribution in [-0.2, 0) is 14.4 Å². The van der Waals surface area contributed by atoms with E-state index in [1.165, 1.54) is 0 Å². The molecule has 6 nitrogen and oxygen atoms in total. The van der Waals surface area contributed by atoms with Crippen molar-refractivity contribution in [3.63, 3.8) is 0 Å². The number of nitrogens with one attached hydrogen (secondary N) is 1. The molecule has 3 N–H and O–H groups in total. The number of nitrogens with two attached hydrogens (primary N) is 1. The van der Waals surface area contributed by atoms with E-state index in [1.54, 1.807) is 30.5 Å². The van der Waals surface area contributed by atoms with Crippen molar-refractivity contribution < 1.29 is 14.4 Å². The summed E-state index contributed by atoms with van der Waals surface area (Å²) in [6.45, 7) is 3.39. The molecular weight excluding hydrogens is 314 g/mol. The molecule has 1 aromatic rings. The molecule has 1 fully saturated rings. The molecule has 2 rings (SSSR count). The van der Waals surface area contributed by atoms with Gasteiger partial charge in [-0.05, 0) is 44.4 Å². The smallest absolute Gasteiger partial charge is 0.242 e. The highest BCUT2D eigenvalue weighted by molar-refractivity contribution is 7.98. The summed E-state index contributed by atoms with van der Waals surface area (Å²) in [4.78, 5) is 38.5. The van der Waals surface area contributed by atoms with Crippen LogP contribution in [0.25, 0.3) is 0 Å². The topological polar surface area (TPSA) is 92.5 Å². The van der Waals surface area contributed by atoms with Crippen LogP contribution in [0.4, 0.5) is 5.69 Å². The summed E-state index contributed by atoms with van der Waals surface area (Å²) >= 11 is 1.62. The first-order chi connectivity index (χ1) is 10.7. The number of nitrogens with zero attached hydrogens (tertiary/aromatic N) is 1. The van der Waals surface area contributed by atoms with E-state index in [4.69, 9.17) is 5.73 Å². The Morgan fingerprint density at radius 2 is 1.91 bits per heavy atom. The summed E-state index contributed by atoms with van der Waals surface area (Å²) in [6, 6.07) is 7.63. The second kappa shape index (κ2) is 6.62. The van der Waals surface area contributed by atoms with Crippen molar-refractivity contribution in [3.8, 4) is 0 Å². The molecule has 0 spiro atoms. The lowest BCUT2D eigenvalue weighted by Gasteiger charge is -2.24. The largest absolute Gasteiger partial charge is 0.368 e. The number of primary amides is 1. The van der Waals surface area contributed by atoms with Crippen LogP contribution in [0.5, 0.6) is 0 Å². The zero-order valence-corrected chi connectivity index (χ0v) is 14.3. The quantitative estimate of drug-likeness (QED) is 0.789. The van der Waals surface area contributed by atoms with E-state index >= 15 is 0 Å². The fourth-order valence-electron chi connectivity index (χ4n) is 2.37. The second-order valence-corrected chi connectivity index (χ2v) is 6.96. The lowest BCUT2D eigenvalue weighted by Crippen LogP contribution is -2.54. The Balaban J connectivity index is 2.07. The van der Waals surface area contributed by atoms with Crippen LogP contribution >= 0.6 is 11.8 Å². The van der Waals surface area contributed by atoms with Gasteiger partial charge in [0.05, 0.1) is 5.92 Å². The van der Waals surface area contributed by atoms with Crippen LogP contribution < -0.4 is 16.0 Å². The first-order valence-corrected chi connectivity index (χ1v) is 8.53. The van der Waals surface area contributed by atoms with Crippen molar-refractivity contribution in [1.82, 2.24) is 5.32 Å². The number of benzene rings is 1. The Hall–Kier alpha value is -2.02. The van der Waals surface area contributed by atoms with Gasteiger partial charge in [-0.1, -0.05) is 0 Å². The Morgan fingerprint density at radius 1 is 1.30 bits per heavy atom. The van der Waals surface area contributed by atoms with Gasteiger partial charge in [-0.25, -0.2) is 0 Å². The van der Waals surface area contributed by atoms with Crippen LogP contribution in [0.15, 0.2) is 29.2 Å². The molecule has 0 radical (unpaired) electrons. The molecule has 1 aromatic carbocycles. The van der Waals surface area contributed by atoms with Crippen molar-refractivity contribution >= 4 is 35.2 Å². The maximum atomic E-state index is 12.3. The average Bonchev–Trinajstić information content (AvgIpc) is 2.89. The molecule has 0 aromatic heterocycles. The highest BCUT2D eigenvalue weighted by Crippen LogP contribution is 2.27. The van der Waals surface area contributed by atoms with E-state index in [1.807, 2.05) is 30.5 Å². The number of amides is 3. The first kappa shape index (κ1) is 17.3. The minimum Gasteiger partial charge on any atom is -0.368 e. The lowest BCUT2D eigenvalue weighted by molar-refractivity contribution is -0.132. The van der Waals surface area contributed by atoms with Gasteiger partial charge in [-0.15, -0.1) is 11.8 Å². The predicted octanol–water partition coefficient (Wildman–Crippen LogP) is 1.14. The van der Waals surface area contributed by atoms with Crippen molar-refractivity contribution in [3.05, 3.63) is 24.3 Å². The SMILES string of the molecule is CSc1ccc(N2C[C@H](C(=O)NC(C)(C)C(N)=O)CC2=O)cc1. The molecule has 1 aliphatic rings. The van der Waals surface area contributed by atoms with Gasteiger partial charge >= 0.3 is 0 Å². The third-order valence-electron chi connectivity index (χ3n) is 3.93. The van der Waals surface area contributed by atoms with E-state index in [0.29, 0.717) is 6.54 Å². The minimum atomic E-state index is -1.13. The molecule has 124 valence electrons. The van der Waals surface area contributed by atoms with Crippen LogP contribution in [0.3, 0.4) is 0 Å². The monoisotopic (exact) mass is 335 g/mol. The Morgan fingerprint density at radius 3 is 2.43 bits per heavy atom. The minimum absolute atomic E-state index is 0.0982. The molecule has 0 saturated carbocycles. The molecule has 1 heterocycles. The van der Waals surface area contributed by atoms with Crippen LogP contribution in [0.2, 0.25) is 0 Å². The molecule has 1 saturated heterocycles. The summed E-state index contributed by atoms with van der Waals surface area (Å²) in [6.07, 6.45) is 2.11.